The number of carbonyl (C=O) groups excluding carboxylic acids is 2. The van der Waals surface area contributed by atoms with Crippen LogP contribution < -0.4 is 14.8 Å². The van der Waals surface area contributed by atoms with E-state index in [2.05, 4.69) is 5.32 Å². The van der Waals surface area contributed by atoms with Gasteiger partial charge >= 0.3 is 0 Å². The third-order valence-corrected chi connectivity index (χ3v) is 6.97. The van der Waals surface area contributed by atoms with Crippen molar-refractivity contribution in [2.75, 3.05) is 38.3 Å². The van der Waals surface area contributed by atoms with E-state index in [1.54, 1.807) is 18.2 Å². The molecule has 0 aliphatic carbocycles. The Morgan fingerprint density at radius 3 is 2.38 bits per heavy atom. The Hall–Kier alpha value is -3.94. The quantitative estimate of drug-likeness (QED) is 0.479. The predicted octanol–water partition coefficient (Wildman–Crippen LogP) is 5.19. The molecule has 1 fully saturated rings. The van der Waals surface area contributed by atoms with Crippen LogP contribution in [0.1, 0.15) is 40.2 Å². The van der Waals surface area contributed by atoms with E-state index >= 15 is 0 Å². The molecule has 0 bridgehead atoms. The molecule has 1 saturated heterocycles. The Labute approximate surface area is 214 Å². The Morgan fingerprint density at radius 1 is 1.03 bits per heavy atom. The van der Waals surface area contributed by atoms with E-state index in [0.29, 0.717) is 35.8 Å². The summed E-state index contributed by atoms with van der Waals surface area (Å²) in [6.07, 6.45) is 1.55. The van der Waals surface area contributed by atoms with E-state index < -0.39 is 6.67 Å². The van der Waals surface area contributed by atoms with Crippen molar-refractivity contribution in [3.8, 4) is 11.5 Å². The number of amides is 2. The van der Waals surface area contributed by atoms with Crippen LogP contribution in [0.25, 0.3) is 0 Å². The van der Waals surface area contributed by atoms with Crippen molar-refractivity contribution in [2.24, 2.45) is 5.92 Å². The van der Waals surface area contributed by atoms with Gasteiger partial charge < -0.3 is 19.7 Å². The number of benzene rings is 3. The van der Waals surface area contributed by atoms with Gasteiger partial charge in [-0.3, -0.25) is 9.59 Å². The van der Waals surface area contributed by atoms with Gasteiger partial charge in [-0.05, 0) is 72.4 Å². The average molecular weight is 507 g/mol. The van der Waals surface area contributed by atoms with E-state index in [4.69, 9.17) is 9.47 Å². The van der Waals surface area contributed by atoms with Crippen LogP contribution in [0.4, 0.5) is 14.5 Å². The van der Waals surface area contributed by atoms with E-state index in [9.17, 15) is 18.4 Å². The first kappa shape index (κ1) is 24.7. The van der Waals surface area contributed by atoms with Crippen LogP contribution in [-0.4, -0.2) is 49.7 Å². The van der Waals surface area contributed by atoms with Crippen molar-refractivity contribution in [1.29, 1.82) is 0 Å². The Bertz CT molecular complexity index is 1260. The summed E-state index contributed by atoms with van der Waals surface area (Å²) in [5.74, 6) is 0.794. The van der Waals surface area contributed by atoms with Gasteiger partial charge in [0, 0.05) is 24.6 Å². The number of nitrogens with one attached hydrogen (secondary N) is 1. The van der Waals surface area contributed by atoms with E-state index in [0.717, 1.165) is 24.0 Å². The largest absolute Gasteiger partial charge is 0.491 e. The number of hydrogen-bond acceptors (Lipinski definition) is 4. The number of halogens is 2. The Morgan fingerprint density at radius 2 is 1.70 bits per heavy atom. The Balaban J connectivity index is 1.31. The summed E-state index contributed by atoms with van der Waals surface area (Å²) in [4.78, 5) is 26.7. The number of likely N-dealkylation sites (tertiary alicyclic amines) is 1. The number of nitrogens with zero attached hydrogens (tertiary/aromatic N) is 1. The van der Waals surface area contributed by atoms with Crippen molar-refractivity contribution in [1.82, 2.24) is 4.90 Å². The zero-order valence-electron chi connectivity index (χ0n) is 20.3. The molecule has 2 aliphatic rings. The van der Waals surface area contributed by atoms with Crippen molar-refractivity contribution in [3.63, 3.8) is 0 Å². The highest BCUT2D eigenvalue weighted by atomic mass is 19.1. The van der Waals surface area contributed by atoms with Crippen molar-refractivity contribution < 1.29 is 27.8 Å². The van der Waals surface area contributed by atoms with Gasteiger partial charge in [0.25, 0.3) is 11.8 Å². The highest BCUT2D eigenvalue weighted by molar-refractivity contribution is 5.99. The van der Waals surface area contributed by atoms with Gasteiger partial charge in [0.15, 0.2) is 6.61 Å². The van der Waals surface area contributed by atoms with Crippen molar-refractivity contribution in [3.05, 3.63) is 89.2 Å². The maximum Gasteiger partial charge on any atom is 0.262 e. The highest BCUT2D eigenvalue weighted by Crippen LogP contribution is 2.39. The molecule has 8 heteroatoms. The minimum atomic E-state index is -0.550. The molecule has 2 amide bonds. The first-order chi connectivity index (χ1) is 18.0. The molecule has 1 atom stereocenters. The molecule has 0 spiro atoms. The van der Waals surface area contributed by atoms with Gasteiger partial charge in [0.05, 0.1) is 5.69 Å². The molecular formula is C29H28F2N2O4. The second-order valence-corrected chi connectivity index (χ2v) is 9.31. The number of piperidine rings is 1. The smallest absolute Gasteiger partial charge is 0.262 e. The fourth-order valence-corrected chi connectivity index (χ4v) is 5.17. The topological polar surface area (TPSA) is 67.9 Å². The number of alkyl halides is 1. The number of anilines is 1. The fraction of sp³-hybridized carbons (Fsp3) is 0.310. The molecule has 6 nitrogen and oxygen atoms in total. The molecule has 1 N–H and O–H groups in total. The summed E-state index contributed by atoms with van der Waals surface area (Å²) >= 11 is 0. The lowest BCUT2D eigenvalue weighted by Crippen LogP contribution is -2.40. The third-order valence-electron chi connectivity index (χ3n) is 6.97. The van der Waals surface area contributed by atoms with Crippen LogP contribution in [0.5, 0.6) is 11.5 Å². The molecule has 3 aromatic carbocycles. The number of rotatable bonds is 7. The third kappa shape index (κ3) is 5.58. The average Bonchev–Trinajstić information content (AvgIpc) is 2.93. The van der Waals surface area contributed by atoms with E-state index in [1.165, 1.54) is 12.1 Å². The molecule has 0 radical (unpaired) electrons. The molecule has 0 saturated carbocycles. The van der Waals surface area contributed by atoms with Gasteiger partial charge in [0.2, 0.25) is 0 Å². The van der Waals surface area contributed by atoms with Crippen LogP contribution in [-0.2, 0) is 4.79 Å². The fourth-order valence-electron chi connectivity index (χ4n) is 5.17. The SMILES string of the molecule is O=C1COc2ccc(C(=O)N3CCC([C@@H](c4ccc(F)cc4)c4ccc(OCCF)cc4)CC3)cc2N1. The van der Waals surface area contributed by atoms with Gasteiger partial charge in [0.1, 0.15) is 30.6 Å². The lowest BCUT2D eigenvalue weighted by molar-refractivity contribution is -0.118. The van der Waals surface area contributed by atoms with Gasteiger partial charge in [-0.1, -0.05) is 24.3 Å². The second-order valence-electron chi connectivity index (χ2n) is 9.31. The maximum atomic E-state index is 13.7. The van der Waals surface area contributed by atoms with Gasteiger partial charge in [-0.2, -0.15) is 0 Å². The van der Waals surface area contributed by atoms with E-state index in [1.807, 2.05) is 41.3 Å². The zero-order chi connectivity index (χ0) is 25.8. The standard InChI is InChI=1S/C29H28F2N2O4/c30-13-16-36-24-8-3-20(4-9-24)28(19-1-6-23(31)7-2-19)21-11-14-33(15-12-21)29(35)22-5-10-26-25(17-22)32-27(34)18-37-26/h1-10,17,21,28H,11-16,18H2,(H,32,34)/t28-/m0/s1. The van der Waals surface area contributed by atoms with Gasteiger partial charge in [-0.25, -0.2) is 8.78 Å². The van der Waals surface area contributed by atoms with E-state index in [-0.39, 0.29) is 42.7 Å². The molecule has 2 heterocycles. The molecule has 192 valence electrons. The lowest BCUT2D eigenvalue weighted by atomic mass is 9.76. The van der Waals surface area contributed by atoms with Crippen LogP contribution >= 0.6 is 0 Å². The minimum absolute atomic E-state index is 0.0108. The molecule has 0 aromatic heterocycles. The summed E-state index contributed by atoms with van der Waals surface area (Å²) in [5, 5.41) is 2.75. The summed E-state index contributed by atoms with van der Waals surface area (Å²) in [6, 6.07) is 19.3. The molecule has 5 rings (SSSR count). The van der Waals surface area contributed by atoms with Crippen LogP contribution in [0, 0.1) is 11.7 Å². The normalized spacial score (nSPS) is 16.4. The van der Waals surface area contributed by atoms with Crippen molar-refractivity contribution >= 4 is 17.5 Å². The van der Waals surface area contributed by atoms with Gasteiger partial charge in [-0.15, -0.1) is 0 Å². The molecule has 37 heavy (non-hydrogen) atoms. The second kappa shape index (κ2) is 11.0. The lowest BCUT2D eigenvalue weighted by Gasteiger charge is -2.37. The maximum absolute atomic E-state index is 13.7. The van der Waals surface area contributed by atoms with Crippen LogP contribution in [0.3, 0.4) is 0 Å². The summed E-state index contributed by atoms with van der Waals surface area (Å²) < 4.78 is 36.9. The zero-order valence-corrected chi connectivity index (χ0v) is 20.3. The number of hydrogen-bond donors (Lipinski definition) is 1. The first-order valence-electron chi connectivity index (χ1n) is 12.4. The monoisotopic (exact) mass is 506 g/mol. The number of carbonyl (C=O) groups is 2. The summed E-state index contributed by atoms with van der Waals surface area (Å²) in [6.45, 7) is 0.593. The predicted molar refractivity (Wildman–Crippen MR) is 135 cm³/mol. The number of fused-ring (bicyclic) bond motifs is 1. The first-order valence-corrected chi connectivity index (χ1v) is 12.4. The highest BCUT2D eigenvalue weighted by Gasteiger charge is 2.31. The number of ether oxygens (including phenoxy) is 2. The molecule has 0 unspecified atom stereocenters. The van der Waals surface area contributed by atoms with Crippen molar-refractivity contribution in [2.45, 2.75) is 18.8 Å². The summed E-state index contributed by atoms with van der Waals surface area (Å²) in [7, 11) is 0. The van der Waals surface area contributed by atoms with Crippen LogP contribution in [0.2, 0.25) is 0 Å². The molecule has 2 aliphatic heterocycles. The molecular weight excluding hydrogens is 478 g/mol. The summed E-state index contributed by atoms with van der Waals surface area (Å²) in [5.41, 5.74) is 3.08. The molecule has 3 aromatic rings. The van der Waals surface area contributed by atoms with Crippen LogP contribution in [0.15, 0.2) is 66.7 Å². The minimum Gasteiger partial charge on any atom is -0.491 e. The Kier molecular flexibility index (Phi) is 7.35.